The summed E-state index contributed by atoms with van der Waals surface area (Å²) < 4.78 is 36.5. The van der Waals surface area contributed by atoms with Crippen molar-refractivity contribution < 1.29 is 13.2 Å². The van der Waals surface area contributed by atoms with Crippen LogP contribution < -0.4 is 5.32 Å². The highest BCUT2D eigenvalue weighted by Crippen LogP contribution is 2.45. The molecule has 5 heteroatoms. The maximum atomic E-state index is 12.2. The van der Waals surface area contributed by atoms with E-state index >= 15 is 0 Å². The van der Waals surface area contributed by atoms with Crippen LogP contribution in [0.1, 0.15) is 25.7 Å². The predicted octanol–water partition coefficient (Wildman–Crippen LogP) is 2.50. The molecule has 2 rings (SSSR count). The molecule has 1 nitrogen and oxygen atoms in total. The van der Waals surface area contributed by atoms with Gasteiger partial charge in [-0.15, -0.1) is 12.4 Å². The maximum Gasteiger partial charge on any atom is 0.393 e. The Bertz CT molecular complexity index is 178. The molecule has 1 saturated heterocycles. The Labute approximate surface area is 81.5 Å². The number of nitrogens with one attached hydrogen (secondary N) is 1. The van der Waals surface area contributed by atoms with Crippen LogP contribution in [0, 0.1) is 5.92 Å². The van der Waals surface area contributed by atoms with Crippen molar-refractivity contribution in [3.63, 3.8) is 0 Å². The van der Waals surface area contributed by atoms with Crippen LogP contribution in [0.2, 0.25) is 0 Å². The third-order valence-corrected chi connectivity index (χ3v) is 3.01. The van der Waals surface area contributed by atoms with Crippen LogP contribution in [0.25, 0.3) is 0 Å². The van der Waals surface area contributed by atoms with Gasteiger partial charge in [-0.25, -0.2) is 0 Å². The van der Waals surface area contributed by atoms with E-state index in [1.54, 1.807) is 0 Å². The van der Waals surface area contributed by atoms with Crippen LogP contribution in [-0.4, -0.2) is 18.3 Å². The summed E-state index contributed by atoms with van der Waals surface area (Å²) in [6.45, 7) is 0.128. The summed E-state index contributed by atoms with van der Waals surface area (Å²) in [6, 6.07) is 0. The maximum absolute atomic E-state index is 12.2. The average molecular weight is 216 g/mol. The Morgan fingerprint density at radius 1 is 1.15 bits per heavy atom. The minimum Gasteiger partial charge on any atom is -0.311 e. The van der Waals surface area contributed by atoms with Crippen molar-refractivity contribution in [2.75, 3.05) is 6.54 Å². The first kappa shape index (κ1) is 11.1. The number of hydrogen-bond donors (Lipinski definition) is 1. The van der Waals surface area contributed by atoms with Gasteiger partial charge < -0.3 is 5.32 Å². The number of hydrogen-bond acceptors (Lipinski definition) is 1. The van der Waals surface area contributed by atoms with Crippen molar-refractivity contribution in [3.05, 3.63) is 0 Å². The van der Waals surface area contributed by atoms with E-state index in [1.807, 2.05) is 0 Å². The molecule has 1 unspecified atom stereocenters. The van der Waals surface area contributed by atoms with E-state index in [0.29, 0.717) is 12.8 Å². The molecule has 2 fully saturated rings. The standard InChI is InChI=1S/C8H12F3N.ClH/c9-8(10,11)6-1-2-7(3-4-7)12-5-6;/h6,12H,1-5H2;1H. The molecule has 0 bridgehead atoms. The summed E-state index contributed by atoms with van der Waals surface area (Å²) in [5, 5.41) is 3.01. The van der Waals surface area contributed by atoms with Crippen LogP contribution in [0.3, 0.4) is 0 Å². The molecule has 2 aliphatic rings. The zero-order valence-corrected chi connectivity index (χ0v) is 7.97. The van der Waals surface area contributed by atoms with Gasteiger partial charge in [-0.1, -0.05) is 0 Å². The Kier molecular flexibility index (Phi) is 2.83. The molecule has 1 heterocycles. The van der Waals surface area contributed by atoms with Gasteiger partial charge in [0.2, 0.25) is 0 Å². The fraction of sp³-hybridized carbons (Fsp3) is 1.00. The van der Waals surface area contributed by atoms with Crippen LogP contribution in [0.15, 0.2) is 0 Å². The number of halogens is 4. The molecule has 0 aromatic carbocycles. The molecule has 13 heavy (non-hydrogen) atoms. The van der Waals surface area contributed by atoms with Crippen molar-refractivity contribution in [2.45, 2.75) is 37.4 Å². The van der Waals surface area contributed by atoms with E-state index < -0.39 is 12.1 Å². The van der Waals surface area contributed by atoms with Crippen LogP contribution in [0.5, 0.6) is 0 Å². The van der Waals surface area contributed by atoms with Gasteiger partial charge in [0.15, 0.2) is 0 Å². The first-order valence-electron chi connectivity index (χ1n) is 4.34. The lowest BCUT2D eigenvalue weighted by atomic mass is 9.93. The summed E-state index contributed by atoms with van der Waals surface area (Å²) in [7, 11) is 0. The van der Waals surface area contributed by atoms with Gasteiger partial charge in [0.25, 0.3) is 0 Å². The van der Waals surface area contributed by atoms with E-state index in [2.05, 4.69) is 5.32 Å². The Balaban J connectivity index is 0.000000845. The molecule has 78 valence electrons. The highest BCUT2D eigenvalue weighted by atomic mass is 35.5. The van der Waals surface area contributed by atoms with Gasteiger partial charge in [-0.3, -0.25) is 0 Å². The van der Waals surface area contributed by atoms with Crippen molar-refractivity contribution in [1.82, 2.24) is 5.32 Å². The predicted molar refractivity (Wildman–Crippen MR) is 46.0 cm³/mol. The zero-order chi connectivity index (χ0) is 8.82. The van der Waals surface area contributed by atoms with Crippen molar-refractivity contribution in [2.24, 2.45) is 5.92 Å². The summed E-state index contributed by atoms with van der Waals surface area (Å²) in [5.41, 5.74) is 0.127. The Morgan fingerprint density at radius 2 is 1.77 bits per heavy atom. The molecule has 1 atom stereocenters. The summed E-state index contributed by atoms with van der Waals surface area (Å²) >= 11 is 0. The molecular weight excluding hydrogens is 203 g/mol. The van der Waals surface area contributed by atoms with Crippen LogP contribution in [-0.2, 0) is 0 Å². The van der Waals surface area contributed by atoms with Gasteiger partial charge in [-0.05, 0) is 25.7 Å². The van der Waals surface area contributed by atoms with E-state index in [1.165, 1.54) is 0 Å². The minimum absolute atomic E-state index is 0. The van der Waals surface area contributed by atoms with E-state index in [0.717, 1.165) is 12.8 Å². The summed E-state index contributed by atoms with van der Waals surface area (Å²) in [5.74, 6) is -1.11. The first-order chi connectivity index (χ1) is 5.52. The molecule has 1 N–H and O–H groups in total. The normalized spacial score (nSPS) is 31.2. The molecular formula is C8H13ClF3N. The molecule has 1 saturated carbocycles. The molecule has 0 aromatic rings. The van der Waals surface area contributed by atoms with Crippen LogP contribution >= 0.6 is 12.4 Å². The SMILES string of the molecule is Cl.FC(F)(F)C1CCC2(CC2)NC1. The average Bonchev–Trinajstić information content (AvgIpc) is 2.68. The van der Waals surface area contributed by atoms with Gasteiger partial charge in [0, 0.05) is 12.1 Å². The fourth-order valence-corrected chi connectivity index (χ4v) is 1.84. The van der Waals surface area contributed by atoms with Crippen molar-refractivity contribution >= 4 is 12.4 Å². The third-order valence-electron chi connectivity index (χ3n) is 3.01. The van der Waals surface area contributed by atoms with Gasteiger partial charge in [0.05, 0.1) is 5.92 Å². The number of rotatable bonds is 0. The third kappa shape index (κ3) is 2.29. The quantitative estimate of drug-likeness (QED) is 0.655. The minimum atomic E-state index is -4.00. The highest BCUT2D eigenvalue weighted by Gasteiger charge is 2.50. The molecule has 1 aliphatic carbocycles. The lowest BCUT2D eigenvalue weighted by Crippen LogP contribution is -2.45. The van der Waals surface area contributed by atoms with E-state index in [4.69, 9.17) is 0 Å². The summed E-state index contributed by atoms with van der Waals surface area (Å²) in [6.07, 6.45) is -0.841. The lowest BCUT2D eigenvalue weighted by molar-refractivity contribution is -0.180. The second-order valence-corrected chi connectivity index (χ2v) is 3.94. The molecule has 0 amide bonds. The van der Waals surface area contributed by atoms with Crippen LogP contribution in [0.4, 0.5) is 13.2 Å². The highest BCUT2D eigenvalue weighted by molar-refractivity contribution is 5.85. The smallest absolute Gasteiger partial charge is 0.311 e. The largest absolute Gasteiger partial charge is 0.393 e. The van der Waals surface area contributed by atoms with Gasteiger partial charge in [0.1, 0.15) is 0 Å². The monoisotopic (exact) mass is 215 g/mol. The fourth-order valence-electron chi connectivity index (χ4n) is 1.84. The first-order valence-corrected chi connectivity index (χ1v) is 4.34. The van der Waals surface area contributed by atoms with Crippen molar-refractivity contribution in [3.8, 4) is 0 Å². The Hall–Kier alpha value is 0.0400. The molecule has 1 spiro atoms. The van der Waals surface area contributed by atoms with E-state index in [-0.39, 0.29) is 24.5 Å². The molecule has 1 aliphatic heterocycles. The van der Waals surface area contributed by atoms with Gasteiger partial charge >= 0.3 is 6.18 Å². The lowest BCUT2D eigenvalue weighted by Gasteiger charge is -2.31. The second-order valence-electron chi connectivity index (χ2n) is 3.94. The number of piperidine rings is 1. The zero-order valence-electron chi connectivity index (χ0n) is 7.16. The summed E-state index contributed by atoms with van der Waals surface area (Å²) in [4.78, 5) is 0. The molecule has 0 aromatic heterocycles. The second kappa shape index (κ2) is 3.31. The van der Waals surface area contributed by atoms with E-state index in [9.17, 15) is 13.2 Å². The molecule has 0 radical (unpaired) electrons. The topological polar surface area (TPSA) is 12.0 Å². The number of alkyl halides is 3. The van der Waals surface area contributed by atoms with Crippen molar-refractivity contribution in [1.29, 1.82) is 0 Å². The Morgan fingerprint density at radius 3 is 2.08 bits per heavy atom. The van der Waals surface area contributed by atoms with Gasteiger partial charge in [-0.2, -0.15) is 13.2 Å².